The lowest BCUT2D eigenvalue weighted by atomic mass is 10.1. The second kappa shape index (κ2) is 4.75. The van der Waals surface area contributed by atoms with Gasteiger partial charge in [-0.25, -0.2) is 18.5 Å². The molecule has 6 nitrogen and oxygen atoms in total. The first-order valence-electron chi connectivity index (χ1n) is 4.73. The second-order valence-corrected chi connectivity index (χ2v) is 5.49. The lowest BCUT2D eigenvalue weighted by Gasteiger charge is -2.16. The zero-order valence-corrected chi connectivity index (χ0v) is 10.2. The Morgan fingerprint density at radius 3 is 2.31 bits per heavy atom. The Bertz CT molecular complexity index is 444. The molecule has 1 aromatic heterocycles. The lowest BCUT2D eigenvalue weighted by molar-refractivity contribution is 0.394. The predicted octanol–water partition coefficient (Wildman–Crippen LogP) is 0.266. The fourth-order valence-electron chi connectivity index (χ4n) is 1.19. The van der Waals surface area contributed by atoms with Crippen molar-refractivity contribution in [2.24, 2.45) is 5.14 Å². The summed E-state index contributed by atoms with van der Waals surface area (Å²) in [5, 5.41) is 4.37. The van der Waals surface area contributed by atoms with Gasteiger partial charge in [0.2, 0.25) is 15.9 Å². The maximum absolute atomic E-state index is 11.2. The number of rotatable bonds is 4. The topological polar surface area (TPSA) is 95.2 Å². The Morgan fingerprint density at radius 1 is 1.31 bits per heavy atom. The van der Waals surface area contributed by atoms with E-state index in [1.54, 1.807) is 13.8 Å². The van der Waals surface area contributed by atoms with Crippen LogP contribution in [0, 0.1) is 0 Å². The van der Waals surface area contributed by atoms with Crippen molar-refractivity contribution in [3.8, 4) is 5.88 Å². The van der Waals surface area contributed by atoms with Crippen molar-refractivity contribution in [1.82, 2.24) is 9.97 Å². The van der Waals surface area contributed by atoms with E-state index in [2.05, 4.69) is 9.97 Å². The average molecular weight is 245 g/mol. The van der Waals surface area contributed by atoms with Crippen LogP contribution in [0.2, 0.25) is 0 Å². The van der Waals surface area contributed by atoms with Gasteiger partial charge in [-0.05, 0) is 6.92 Å². The van der Waals surface area contributed by atoms with E-state index in [1.165, 1.54) is 19.5 Å². The lowest BCUT2D eigenvalue weighted by Crippen LogP contribution is -2.30. The number of nitrogens with two attached hydrogens (primary N) is 1. The molecule has 1 rings (SSSR count). The molecule has 0 bridgehead atoms. The van der Waals surface area contributed by atoms with Gasteiger partial charge in [0.15, 0.2) is 0 Å². The smallest absolute Gasteiger partial charge is 0.231 e. The summed E-state index contributed by atoms with van der Waals surface area (Å²) in [4.78, 5) is 8.04. The number of hydrogen-bond donors (Lipinski definition) is 1. The molecule has 90 valence electrons. The fraction of sp³-hybridized carbons (Fsp3) is 0.556. The third kappa shape index (κ3) is 2.89. The Labute approximate surface area is 94.9 Å². The molecule has 0 fully saturated rings. The maximum Gasteiger partial charge on any atom is 0.231 e. The first kappa shape index (κ1) is 12.9. The molecule has 16 heavy (non-hydrogen) atoms. The number of hydrogen-bond acceptors (Lipinski definition) is 5. The van der Waals surface area contributed by atoms with Gasteiger partial charge < -0.3 is 4.74 Å². The highest BCUT2D eigenvalue weighted by molar-refractivity contribution is 7.89. The summed E-state index contributed by atoms with van der Waals surface area (Å²) in [7, 11) is -2.08. The monoisotopic (exact) mass is 245 g/mol. The van der Waals surface area contributed by atoms with Gasteiger partial charge in [-0.2, -0.15) is 0 Å². The van der Waals surface area contributed by atoms with E-state index in [0.29, 0.717) is 11.6 Å². The molecular formula is C9H15N3O3S. The van der Waals surface area contributed by atoms with E-state index >= 15 is 0 Å². The molecule has 0 saturated heterocycles. The van der Waals surface area contributed by atoms with Crippen LogP contribution in [-0.2, 0) is 10.0 Å². The fourth-order valence-corrected chi connectivity index (χ4v) is 1.90. The van der Waals surface area contributed by atoms with Crippen molar-refractivity contribution in [2.75, 3.05) is 7.11 Å². The summed E-state index contributed by atoms with van der Waals surface area (Å²) in [6, 6.07) is 0. The van der Waals surface area contributed by atoms with E-state index in [1.807, 2.05) is 0 Å². The molecule has 0 aliphatic rings. The van der Waals surface area contributed by atoms with Crippen LogP contribution < -0.4 is 9.88 Å². The normalized spacial score (nSPS) is 15.5. The average Bonchev–Trinajstić information content (AvgIpc) is 2.26. The summed E-state index contributed by atoms with van der Waals surface area (Å²) in [6.07, 6.45) is 2.94. The van der Waals surface area contributed by atoms with Gasteiger partial charge in [-0.15, -0.1) is 0 Å². The molecular weight excluding hydrogens is 230 g/mol. The van der Waals surface area contributed by atoms with Gasteiger partial charge in [0.05, 0.1) is 30.4 Å². The van der Waals surface area contributed by atoms with Crippen LogP contribution in [0.5, 0.6) is 5.88 Å². The molecule has 0 aliphatic carbocycles. The van der Waals surface area contributed by atoms with Gasteiger partial charge in [-0.1, -0.05) is 6.92 Å². The molecule has 0 aromatic carbocycles. The van der Waals surface area contributed by atoms with Gasteiger partial charge in [0.25, 0.3) is 0 Å². The third-order valence-corrected chi connectivity index (χ3v) is 3.99. The number of aromatic nitrogens is 2. The van der Waals surface area contributed by atoms with E-state index in [0.717, 1.165) is 0 Å². The predicted molar refractivity (Wildman–Crippen MR) is 59.6 cm³/mol. The quantitative estimate of drug-likeness (QED) is 0.821. The van der Waals surface area contributed by atoms with Crippen molar-refractivity contribution < 1.29 is 13.2 Å². The summed E-state index contributed by atoms with van der Waals surface area (Å²) >= 11 is 0. The molecule has 0 amide bonds. The molecule has 2 atom stereocenters. The van der Waals surface area contributed by atoms with Crippen LogP contribution in [0.25, 0.3) is 0 Å². The zero-order valence-electron chi connectivity index (χ0n) is 9.41. The molecule has 0 aliphatic heterocycles. The van der Waals surface area contributed by atoms with Crippen LogP contribution in [0.15, 0.2) is 12.4 Å². The van der Waals surface area contributed by atoms with Gasteiger partial charge >= 0.3 is 0 Å². The van der Waals surface area contributed by atoms with Crippen molar-refractivity contribution in [2.45, 2.75) is 25.0 Å². The SMILES string of the molecule is COc1cnc([C@H](C)[C@H](C)S(N)(=O)=O)cn1. The molecule has 0 unspecified atom stereocenters. The standard InChI is InChI=1S/C9H15N3O3S/c1-6(7(2)16(10,13)14)8-4-12-9(15-3)5-11-8/h4-7H,1-3H3,(H2,10,13,14)/t6-,7+/m1/s1. The van der Waals surface area contributed by atoms with Gasteiger partial charge in [0.1, 0.15) is 0 Å². The molecule has 0 spiro atoms. The minimum atomic E-state index is -3.56. The van der Waals surface area contributed by atoms with Crippen molar-refractivity contribution in [3.05, 3.63) is 18.1 Å². The number of methoxy groups -OCH3 is 1. The highest BCUT2D eigenvalue weighted by Gasteiger charge is 2.25. The first-order valence-corrected chi connectivity index (χ1v) is 6.34. The third-order valence-electron chi connectivity index (χ3n) is 2.55. The van der Waals surface area contributed by atoms with Gasteiger partial charge in [0, 0.05) is 5.92 Å². The highest BCUT2D eigenvalue weighted by Crippen LogP contribution is 2.21. The molecule has 0 radical (unpaired) electrons. The molecule has 2 N–H and O–H groups in total. The van der Waals surface area contributed by atoms with Crippen molar-refractivity contribution in [1.29, 1.82) is 0 Å². The van der Waals surface area contributed by atoms with E-state index in [4.69, 9.17) is 9.88 Å². The first-order chi connectivity index (χ1) is 7.36. The number of sulfonamides is 1. The van der Waals surface area contributed by atoms with Crippen LogP contribution in [0.4, 0.5) is 0 Å². The van der Waals surface area contributed by atoms with Crippen LogP contribution in [0.3, 0.4) is 0 Å². The van der Waals surface area contributed by atoms with Gasteiger partial charge in [-0.3, -0.25) is 4.98 Å². The Hall–Kier alpha value is -1.21. The minimum Gasteiger partial charge on any atom is -0.480 e. The number of ether oxygens (including phenoxy) is 1. The molecule has 1 heterocycles. The van der Waals surface area contributed by atoms with Crippen molar-refractivity contribution in [3.63, 3.8) is 0 Å². The molecule has 0 saturated carbocycles. The molecule has 1 aromatic rings. The largest absolute Gasteiger partial charge is 0.480 e. The second-order valence-electron chi connectivity index (χ2n) is 3.57. The maximum atomic E-state index is 11.2. The van der Waals surface area contributed by atoms with Crippen LogP contribution in [-0.4, -0.2) is 30.7 Å². The summed E-state index contributed by atoms with van der Waals surface area (Å²) in [6.45, 7) is 3.29. The van der Waals surface area contributed by atoms with E-state index < -0.39 is 15.3 Å². The Morgan fingerprint density at radius 2 is 1.94 bits per heavy atom. The van der Waals surface area contributed by atoms with Crippen molar-refractivity contribution >= 4 is 10.0 Å². The summed E-state index contributed by atoms with van der Waals surface area (Å²) in [5.41, 5.74) is 0.572. The zero-order chi connectivity index (χ0) is 12.3. The number of primary sulfonamides is 1. The number of nitrogens with zero attached hydrogens (tertiary/aromatic N) is 2. The van der Waals surface area contributed by atoms with Crippen LogP contribution in [0.1, 0.15) is 25.5 Å². The Balaban J connectivity index is 2.92. The summed E-state index contributed by atoms with van der Waals surface area (Å²) < 4.78 is 27.2. The minimum absolute atomic E-state index is 0.312. The highest BCUT2D eigenvalue weighted by atomic mass is 32.2. The Kier molecular flexibility index (Phi) is 3.82. The molecule has 7 heteroatoms. The summed E-state index contributed by atoms with van der Waals surface area (Å²) in [5.74, 6) is 0.0765. The van der Waals surface area contributed by atoms with E-state index in [-0.39, 0.29) is 5.92 Å². The van der Waals surface area contributed by atoms with E-state index in [9.17, 15) is 8.42 Å². The van der Waals surface area contributed by atoms with Crippen LogP contribution >= 0.6 is 0 Å².